The van der Waals surface area contributed by atoms with Crippen LogP contribution in [-0.4, -0.2) is 6.18 Å². The van der Waals surface area contributed by atoms with Gasteiger partial charge in [0.05, 0.1) is 0 Å². The zero-order valence-electron chi connectivity index (χ0n) is 21.8. The summed E-state index contributed by atoms with van der Waals surface area (Å²) in [4.78, 5) is 0. The molecule has 0 aliphatic rings. The number of halogens is 8. The molecule has 42 heavy (non-hydrogen) atoms. The number of alkyl halides is 3. The predicted octanol–water partition coefficient (Wildman–Crippen LogP) is 10.9. The Morgan fingerprint density at radius 2 is 0.833 bits per heavy atom. The SMILES string of the molecule is Cc1ccc(-c2ccc(-c3ccc(-c4ccc(-c5cc(F)c(/C=C/C(F)(F)F)c(F)c5)c(F)c4)c(F)c3)c(F)c2)cc1. The van der Waals surface area contributed by atoms with Gasteiger partial charge in [0.15, 0.2) is 0 Å². The molecule has 0 spiro atoms. The fourth-order valence-electron chi connectivity index (χ4n) is 4.59. The second-order valence-electron chi connectivity index (χ2n) is 9.68. The fraction of sp³-hybridized carbons (Fsp3) is 0.0588. The van der Waals surface area contributed by atoms with Crippen molar-refractivity contribution < 1.29 is 35.1 Å². The van der Waals surface area contributed by atoms with Crippen molar-refractivity contribution in [3.05, 3.63) is 137 Å². The Labute approximate surface area is 236 Å². The highest BCUT2D eigenvalue weighted by molar-refractivity contribution is 5.76. The first kappa shape index (κ1) is 28.8. The molecule has 0 bridgehead atoms. The van der Waals surface area contributed by atoms with E-state index in [-0.39, 0.29) is 45.5 Å². The molecule has 5 aromatic rings. The summed E-state index contributed by atoms with van der Waals surface area (Å²) < 4.78 is 111. The van der Waals surface area contributed by atoms with Gasteiger partial charge in [0.1, 0.15) is 29.1 Å². The van der Waals surface area contributed by atoms with Gasteiger partial charge < -0.3 is 0 Å². The summed E-state index contributed by atoms with van der Waals surface area (Å²) in [5.41, 5.74) is 1.72. The number of allylic oxidation sites excluding steroid dienone is 1. The molecule has 0 unspecified atom stereocenters. The maximum atomic E-state index is 15.2. The summed E-state index contributed by atoms with van der Waals surface area (Å²) >= 11 is 0. The number of rotatable bonds is 5. The van der Waals surface area contributed by atoms with Crippen LogP contribution in [0.2, 0.25) is 0 Å². The van der Waals surface area contributed by atoms with E-state index in [1.54, 1.807) is 12.1 Å². The average Bonchev–Trinajstić information content (AvgIpc) is 2.92. The van der Waals surface area contributed by atoms with Gasteiger partial charge in [0.2, 0.25) is 0 Å². The minimum Gasteiger partial charge on any atom is -0.206 e. The smallest absolute Gasteiger partial charge is 0.206 e. The van der Waals surface area contributed by atoms with Gasteiger partial charge in [-0.05, 0) is 71.1 Å². The number of benzene rings is 5. The molecule has 0 radical (unpaired) electrons. The van der Waals surface area contributed by atoms with Crippen LogP contribution in [0, 0.1) is 36.0 Å². The van der Waals surface area contributed by atoms with Crippen molar-refractivity contribution in [2.24, 2.45) is 0 Å². The second kappa shape index (κ2) is 11.3. The van der Waals surface area contributed by atoms with Crippen molar-refractivity contribution in [3.8, 4) is 44.5 Å². The topological polar surface area (TPSA) is 0 Å². The van der Waals surface area contributed by atoms with Gasteiger partial charge in [-0.2, -0.15) is 13.2 Å². The first-order valence-electron chi connectivity index (χ1n) is 12.6. The van der Waals surface area contributed by atoms with Crippen molar-refractivity contribution >= 4 is 6.08 Å². The molecule has 0 aliphatic heterocycles. The molecule has 5 aromatic carbocycles. The lowest BCUT2D eigenvalue weighted by Crippen LogP contribution is -2.01. The van der Waals surface area contributed by atoms with Crippen LogP contribution < -0.4 is 0 Å². The van der Waals surface area contributed by atoms with E-state index in [1.165, 1.54) is 30.3 Å². The summed E-state index contributed by atoms with van der Waals surface area (Å²) in [5, 5.41) is 0. The maximum absolute atomic E-state index is 15.2. The van der Waals surface area contributed by atoms with Crippen LogP contribution in [0.4, 0.5) is 35.1 Å². The van der Waals surface area contributed by atoms with Crippen LogP contribution in [0.25, 0.3) is 50.6 Å². The van der Waals surface area contributed by atoms with E-state index in [0.717, 1.165) is 23.3 Å². The van der Waals surface area contributed by atoms with Crippen LogP contribution in [0.15, 0.2) is 97.1 Å². The molecule has 0 N–H and O–H groups in total. The minimum absolute atomic E-state index is 0.00545. The normalized spacial score (nSPS) is 11.8. The van der Waals surface area contributed by atoms with Crippen LogP contribution in [0.5, 0.6) is 0 Å². The van der Waals surface area contributed by atoms with Gasteiger partial charge in [-0.25, -0.2) is 22.0 Å². The van der Waals surface area contributed by atoms with Crippen molar-refractivity contribution in [2.45, 2.75) is 13.1 Å². The van der Waals surface area contributed by atoms with Gasteiger partial charge in [-0.3, -0.25) is 0 Å². The third-order valence-electron chi connectivity index (χ3n) is 6.74. The number of hydrogen-bond donors (Lipinski definition) is 0. The molecule has 212 valence electrons. The number of hydrogen-bond acceptors (Lipinski definition) is 0. The highest BCUT2D eigenvalue weighted by atomic mass is 19.4. The van der Waals surface area contributed by atoms with E-state index >= 15 is 13.2 Å². The number of aryl methyl sites for hydroxylation is 1. The lowest BCUT2D eigenvalue weighted by Gasteiger charge is -2.11. The Hall–Kier alpha value is -4.72. The molecule has 0 atom stereocenters. The Kier molecular flexibility index (Phi) is 7.73. The van der Waals surface area contributed by atoms with Crippen molar-refractivity contribution in [3.63, 3.8) is 0 Å². The largest absolute Gasteiger partial charge is 0.409 e. The van der Waals surface area contributed by atoms with Crippen molar-refractivity contribution in [1.29, 1.82) is 0 Å². The zero-order chi connectivity index (χ0) is 30.2. The minimum atomic E-state index is -4.77. The third kappa shape index (κ3) is 6.12. The van der Waals surface area contributed by atoms with Gasteiger partial charge in [0, 0.05) is 28.3 Å². The first-order chi connectivity index (χ1) is 19.9. The molecule has 8 heteroatoms. The Morgan fingerprint density at radius 1 is 0.452 bits per heavy atom. The molecule has 0 aliphatic carbocycles. The van der Waals surface area contributed by atoms with E-state index in [2.05, 4.69) is 0 Å². The molecule has 0 amide bonds. The molecule has 0 aromatic heterocycles. The molecule has 0 saturated heterocycles. The van der Waals surface area contributed by atoms with E-state index in [0.29, 0.717) is 17.7 Å². The monoisotopic (exact) mass is 580 g/mol. The van der Waals surface area contributed by atoms with Crippen LogP contribution >= 0.6 is 0 Å². The molecular formula is C34H20F8. The fourth-order valence-corrected chi connectivity index (χ4v) is 4.59. The Balaban J connectivity index is 1.42. The molecule has 5 rings (SSSR count). The van der Waals surface area contributed by atoms with Gasteiger partial charge in [-0.1, -0.05) is 66.2 Å². The predicted molar refractivity (Wildman–Crippen MR) is 148 cm³/mol. The maximum Gasteiger partial charge on any atom is 0.409 e. The lowest BCUT2D eigenvalue weighted by atomic mass is 9.95. The molecule has 0 saturated carbocycles. The van der Waals surface area contributed by atoms with Crippen LogP contribution in [0.1, 0.15) is 11.1 Å². The van der Waals surface area contributed by atoms with Gasteiger partial charge in [-0.15, -0.1) is 0 Å². The molecular weight excluding hydrogens is 560 g/mol. The highest BCUT2D eigenvalue weighted by Gasteiger charge is 2.23. The Morgan fingerprint density at radius 3 is 1.29 bits per heavy atom. The zero-order valence-corrected chi connectivity index (χ0v) is 21.8. The average molecular weight is 581 g/mol. The first-order valence-corrected chi connectivity index (χ1v) is 12.6. The summed E-state index contributed by atoms with van der Waals surface area (Å²) in [7, 11) is 0. The van der Waals surface area contributed by atoms with Gasteiger partial charge in [0.25, 0.3) is 0 Å². The summed E-state index contributed by atoms with van der Waals surface area (Å²) in [6, 6.07) is 21.1. The second-order valence-corrected chi connectivity index (χ2v) is 9.68. The van der Waals surface area contributed by atoms with Crippen LogP contribution in [-0.2, 0) is 0 Å². The van der Waals surface area contributed by atoms with Gasteiger partial charge >= 0.3 is 6.18 Å². The lowest BCUT2D eigenvalue weighted by molar-refractivity contribution is -0.0790. The van der Waals surface area contributed by atoms with Crippen molar-refractivity contribution in [1.82, 2.24) is 0 Å². The summed E-state index contributed by atoms with van der Waals surface area (Å²) in [6.45, 7) is 1.95. The van der Waals surface area contributed by atoms with Crippen molar-refractivity contribution in [2.75, 3.05) is 0 Å². The summed E-state index contributed by atoms with van der Waals surface area (Å²) in [6.07, 6.45) is -4.82. The summed E-state index contributed by atoms with van der Waals surface area (Å²) in [5.74, 6) is -4.86. The highest BCUT2D eigenvalue weighted by Crippen LogP contribution is 2.34. The third-order valence-corrected chi connectivity index (χ3v) is 6.74. The molecule has 0 fully saturated rings. The molecule has 0 heterocycles. The van der Waals surface area contributed by atoms with E-state index in [9.17, 15) is 22.0 Å². The quantitative estimate of drug-likeness (QED) is 0.182. The van der Waals surface area contributed by atoms with Crippen LogP contribution in [0.3, 0.4) is 0 Å². The van der Waals surface area contributed by atoms with E-state index < -0.39 is 40.8 Å². The standard InChI is InChI=1S/C34H20F8/c1-19-2-4-20(5-3-19)21-6-9-25(29(35)14-21)22-7-10-26(30(36)15-22)23-8-11-27(31(37)16-23)24-17-32(38)28(33(39)18-24)12-13-34(40,41)42/h2-18H,1H3/b13-12+. The van der Waals surface area contributed by atoms with E-state index in [4.69, 9.17) is 0 Å². The Bertz CT molecular complexity index is 1790. The molecule has 0 nitrogen and oxygen atoms in total. The van der Waals surface area contributed by atoms with E-state index in [1.807, 2.05) is 31.2 Å².